The molecule has 2 heterocycles. The van der Waals surface area contributed by atoms with Crippen LogP contribution < -0.4 is 5.32 Å². The van der Waals surface area contributed by atoms with Gasteiger partial charge >= 0.3 is 0 Å². The second-order valence-corrected chi connectivity index (χ2v) is 4.49. The molecule has 96 valence electrons. The topological polar surface area (TPSA) is 32.3 Å². The molecule has 0 aromatic rings. The van der Waals surface area contributed by atoms with Crippen LogP contribution in [0.25, 0.3) is 0 Å². The van der Waals surface area contributed by atoms with Gasteiger partial charge in [0, 0.05) is 19.5 Å². The smallest absolute Gasteiger partial charge is 0.222 e. The monoisotopic (exact) mass is 268 g/mol. The summed E-state index contributed by atoms with van der Waals surface area (Å²) in [6.07, 6.45) is 5.57. The van der Waals surface area contributed by atoms with Gasteiger partial charge in [-0.05, 0) is 44.7 Å². The van der Waals surface area contributed by atoms with Gasteiger partial charge in [0.2, 0.25) is 5.91 Å². The molecule has 16 heavy (non-hydrogen) atoms. The normalized spacial score (nSPS) is 22.2. The first-order valence-corrected chi connectivity index (χ1v) is 5.85. The molecule has 2 aliphatic rings. The van der Waals surface area contributed by atoms with E-state index in [0.29, 0.717) is 5.91 Å². The van der Waals surface area contributed by atoms with Crippen molar-refractivity contribution in [3.63, 3.8) is 0 Å². The molecule has 0 aromatic carbocycles. The van der Waals surface area contributed by atoms with Crippen LogP contribution in [-0.2, 0) is 4.79 Å². The molecular weight excluding hydrogens is 247 g/mol. The van der Waals surface area contributed by atoms with Gasteiger partial charge in [0.15, 0.2) is 0 Å². The van der Waals surface area contributed by atoms with Crippen LogP contribution in [0.1, 0.15) is 32.1 Å². The summed E-state index contributed by atoms with van der Waals surface area (Å²) < 4.78 is 0. The minimum atomic E-state index is 0. The van der Waals surface area contributed by atoms with Crippen LogP contribution in [-0.4, -0.2) is 37.0 Å². The van der Waals surface area contributed by atoms with E-state index < -0.39 is 0 Å². The fourth-order valence-corrected chi connectivity index (χ4v) is 2.43. The minimum absolute atomic E-state index is 0. The van der Waals surface area contributed by atoms with Crippen LogP contribution in [0, 0.1) is 5.92 Å². The minimum Gasteiger partial charge on any atom is -0.342 e. The summed E-state index contributed by atoms with van der Waals surface area (Å²) in [4.78, 5) is 13.7. The molecule has 2 fully saturated rings. The van der Waals surface area contributed by atoms with Gasteiger partial charge in [-0.1, -0.05) is 0 Å². The van der Waals surface area contributed by atoms with Gasteiger partial charge in [-0.3, -0.25) is 4.79 Å². The molecular formula is C11H22Cl2N2O. The Hall–Kier alpha value is 0.01000. The van der Waals surface area contributed by atoms with Crippen molar-refractivity contribution in [1.29, 1.82) is 0 Å². The molecule has 2 aliphatic heterocycles. The summed E-state index contributed by atoms with van der Waals surface area (Å²) in [5.74, 6) is 1.13. The molecule has 0 aromatic heterocycles. The van der Waals surface area contributed by atoms with E-state index in [9.17, 15) is 4.79 Å². The summed E-state index contributed by atoms with van der Waals surface area (Å²) >= 11 is 0. The maximum absolute atomic E-state index is 11.6. The number of likely N-dealkylation sites (tertiary alicyclic amines) is 1. The lowest BCUT2D eigenvalue weighted by Gasteiger charge is -2.32. The van der Waals surface area contributed by atoms with Crippen LogP contribution in [0.4, 0.5) is 0 Å². The van der Waals surface area contributed by atoms with E-state index in [1.807, 2.05) is 0 Å². The summed E-state index contributed by atoms with van der Waals surface area (Å²) in [7, 11) is 0. The Bertz CT molecular complexity index is 208. The maximum Gasteiger partial charge on any atom is 0.222 e. The predicted octanol–water partition coefficient (Wildman–Crippen LogP) is 1.84. The Labute approximate surface area is 110 Å². The summed E-state index contributed by atoms with van der Waals surface area (Å²) in [6, 6.07) is 0. The summed E-state index contributed by atoms with van der Waals surface area (Å²) in [5, 5.41) is 3.36. The van der Waals surface area contributed by atoms with Crippen molar-refractivity contribution in [1.82, 2.24) is 10.2 Å². The van der Waals surface area contributed by atoms with E-state index in [1.165, 1.54) is 19.3 Å². The molecule has 3 nitrogen and oxygen atoms in total. The van der Waals surface area contributed by atoms with Crippen molar-refractivity contribution >= 4 is 30.7 Å². The van der Waals surface area contributed by atoms with Gasteiger partial charge in [-0.15, -0.1) is 24.8 Å². The third kappa shape index (κ3) is 4.48. The van der Waals surface area contributed by atoms with Crippen molar-refractivity contribution in [2.24, 2.45) is 5.92 Å². The standard InChI is InChI=1S/C11H20N2O.2ClH/c14-11-3-1-2-8-13(11)9-10-4-6-12-7-5-10;;/h10,12H,1-9H2;2*1H. The number of carbonyl (C=O) groups is 1. The first kappa shape index (κ1) is 16.0. The second kappa shape index (κ2) is 8.15. The van der Waals surface area contributed by atoms with Crippen LogP contribution in [0.15, 0.2) is 0 Å². The highest BCUT2D eigenvalue weighted by molar-refractivity contribution is 5.85. The van der Waals surface area contributed by atoms with Crippen LogP contribution in [0.5, 0.6) is 0 Å². The molecule has 0 radical (unpaired) electrons. The van der Waals surface area contributed by atoms with Gasteiger partial charge in [-0.2, -0.15) is 0 Å². The van der Waals surface area contributed by atoms with Crippen molar-refractivity contribution < 1.29 is 4.79 Å². The Morgan fingerprint density at radius 2 is 1.88 bits per heavy atom. The summed E-state index contributed by atoms with van der Waals surface area (Å²) in [5.41, 5.74) is 0. The lowest BCUT2D eigenvalue weighted by Crippen LogP contribution is -2.41. The molecule has 0 atom stereocenters. The Kier molecular flexibility index (Phi) is 8.16. The van der Waals surface area contributed by atoms with Gasteiger partial charge < -0.3 is 10.2 Å². The molecule has 1 amide bonds. The van der Waals surface area contributed by atoms with E-state index in [1.54, 1.807) is 0 Å². The first-order chi connectivity index (χ1) is 6.86. The number of halogens is 2. The van der Waals surface area contributed by atoms with Crippen molar-refractivity contribution in [3.8, 4) is 0 Å². The average Bonchev–Trinajstić information content (AvgIpc) is 2.23. The molecule has 0 spiro atoms. The molecule has 0 aliphatic carbocycles. The zero-order valence-corrected chi connectivity index (χ0v) is 11.2. The van der Waals surface area contributed by atoms with E-state index in [0.717, 1.165) is 44.9 Å². The fourth-order valence-electron chi connectivity index (χ4n) is 2.43. The molecule has 0 bridgehead atoms. The van der Waals surface area contributed by atoms with Crippen molar-refractivity contribution in [2.75, 3.05) is 26.2 Å². The van der Waals surface area contributed by atoms with Gasteiger partial charge in [0.05, 0.1) is 0 Å². The maximum atomic E-state index is 11.6. The van der Waals surface area contributed by atoms with Crippen molar-refractivity contribution in [2.45, 2.75) is 32.1 Å². The number of amides is 1. The average molecular weight is 269 g/mol. The van der Waals surface area contributed by atoms with E-state index in [-0.39, 0.29) is 24.8 Å². The molecule has 2 rings (SSSR count). The number of piperidine rings is 2. The highest BCUT2D eigenvalue weighted by Gasteiger charge is 2.22. The zero-order chi connectivity index (χ0) is 9.80. The van der Waals surface area contributed by atoms with E-state index in [4.69, 9.17) is 0 Å². The third-order valence-electron chi connectivity index (χ3n) is 3.36. The van der Waals surface area contributed by atoms with E-state index in [2.05, 4.69) is 10.2 Å². The van der Waals surface area contributed by atoms with E-state index >= 15 is 0 Å². The molecule has 5 heteroatoms. The molecule has 0 saturated carbocycles. The SMILES string of the molecule is Cl.Cl.O=C1CCCCN1CC1CCNCC1. The van der Waals surface area contributed by atoms with Gasteiger partial charge in [-0.25, -0.2) is 0 Å². The van der Waals surface area contributed by atoms with Crippen LogP contribution in [0.2, 0.25) is 0 Å². The lowest BCUT2D eigenvalue weighted by atomic mass is 9.96. The largest absolute Gasteiger partial charge is 0.342 e. The molecule has 2 saturated heterocycles. The zero-order valence-electron chi connectivity index (χ0n) is 9.61. The number of hydrogen-bond acceptors (Lipinski definition) is 2. The predicted molar refractivity (Wildman–Crippen MR) is 70.5 cm³/mol. The Balaban J connectivity index is 0.00000112. The quantitative estimate of drug-likeness (QED) is 0.829. The van der Waals surface area contributed by atoms with Gasteiger partial charge in [0.1, 0.15) is 0 Å². The fraction of sp³-hybridized carbons (Fsp3) is 0.909. The number of nitrogens with zero attached hydrogens (tertiary/aromatic N) is 1. The second-order valence-electron chi connectivity index (χ2n) is 4.49. The first-order valence-electron chi connectivity index (χ1n) is 5.85. The Morgan fingerprint density at radius 1 is 1.19 bits per heavy atom. The van der Waals surface area contributed by atoms with Crippen LogP contribution in [0.3, 0.4) is 0 Å². The highest BCUT2D eigenvalue weighted by Crippen LogP contribution is 2.17. The third-order valence-corrected chi connectivity index (χ3v) is 3.36. The molecule has 0 unspecified atom stereocenters. The summed E-state index contributed by atoms with van der Waals surface area (Å²) in [6.45, 7) is 4.28. The molecule has 1 N–H and O–H groups in total. The number of nitrogens with one attached hydrogen (secondary N) is 1. The van der Waals surface area contributed by atoms with Crippen molar-refractivity contribution in [3.05, 3.63) is 0 Å². The number of carbonyl (C=O) groups excluding carboxylic acids is 1. The van der Waals surface area contributed by atoms with Gasteiger partial charge in [0.25, 0.3) is 0 Å². The highest BCUT2D eigenvalue weighted by atomic mass is 35.5. The lowest BCUT2D eigenvalue weighted by molar-refractivity contribution is -0.134. The van der Waals surface area contributed by atoms with Crippen LogP contribution >= 0.6 is 24.8 Å². The Morgan fingerprint density at radius 3 is 2.50 bits per heavy atom. The number of rotatable bonds is 2. The number of hydrogen-bond donors (Lipinski definition) is 1.